The van der Waals surface area contributed by atoms with Crippen LogP contribution in [0.4, 0.5) is 5.69 Å². The average molecular weight is 289 g/mol. The molecular formula is C17H27N3O. The zero-order valence-electron chi connectivity index (χ0n) is 13.3. The molecule has 0 radical (unpaired) electrons. The monoisotopic (exact) mass is 289 g/mol. The maximum Gasteiger partial charge on any atom is 0.270 e. The Labute approximate surface area is 127 Å². The molecule has 0 bridgehead atoms. The molecule has 2 rings (SSSR count). The van der Waals surface area contributed by atoms with Crippen LogP contribution >= 0.6 is 0 Å². The normalized spacial score (nSPS) is 16.3. The SMILES string of the molecule is CCN(CC)c1ccnc(C(=O)NC2CCCCCC2)c1. The van der Waals surface area contributed by atoms with Crippen molar-refractivity contribution in [2.75, 3.05) is 18.0 Å². The van der Waals surface area contributed by atoms with Gasteiger partial charge in [-0.2, -0.15) is 0 Å². The van der Waals surface area contributed by atoms with Gasteiger partial charge >= 0.3 is 0 Å². The van der Waals surface area contributed by atoms with E-state index >= 15 is 0 Å². The Morgan fingerprint density at radius 3 is 2.52 bits per heavy atom. The fraction of sp³-hybridized carbons (Fsp3) is 0.647. The van der Waals surface area contributed by atoms with Crippen LogP contribution in [0, 0.1) is 0 Å². The van der Waals surface area contributed by atoms with Gasteiger partial charge in [0.25, 0.3) is 5.91 Å². The lowest BCUT2D eigenvalue weighted by Crippen LogP contribution is -2.35. The van der Waals surface area contributed by atoms with Crippen LogP contribution in [0.5, 0.6) is 0 Å². The van der Waals surface area contributed by atoms with Gasteiger partial charge in [0.15, 0.2) is 0 Å². The second-order valence-electron chi connectivity index (χ2n) is 5.73. The van der Waals surface area contributed by atoms with E-state index in [1.807, 2.05) is 12.1 Å². The van der Waals surface area contributed by atoms with Crippen LogP contribution in [0.15, 0.2) is 18.3 Å². The Morgan fingerprint density at radius 2 is 1.90 bits per heavy atom. The Bertz CT molecular complexity index is 449. The number of pyridine rings is 1. The van der Waals surface area contributed by atoms with Crippen molar-refractivity contribution in [3.05, 3.63) is 24.0 Å². The molecule has 21 heavy (non-hydrogen) atoms. The summed E-state index contributed by atoms with van der Waals surface area (Å²) in [5.41, 5.74) is 1.60. The van der Waals surface area contributed by atoms with Gasteiger partial charge in [0.05, 0.1) is 0 Å². The number of nitrogens with one attached hydrogen (secondary N) is 1. The Balaban J connectivity index is 2.03. The smallest absolute Gasteiger partial charge is 0.270 e. The van der Waals surface area contributed by atoms with Crippen molar-refractivity contribution in [2.24, 2.45) is 0 Å². The van der Waals surface area contributed by atoms with Gasteiger partial charge in [-0.15, -0.1) is 0 Å². The summed E-state index contributed by atoms with van der Waals surface area (Å²) in [6.07, 6.45) is 8.96. The molecule has 0 unspecified atom stereocenters. The molecule has 0 atom stereocenters. The molecule has 1 aliphatic carbocycles. The maximum absolute atomic E-state index is 12.4. The second kappa shape index (κ2) is 8.01. The van der Waals surface area contributed by atoms with E-state index in [9.17, 15) is 4.79 Å². The van der Waals surface area contributed by atoms with Crippen LogP contribution in [-0.4, -0.2) is 30.0 Å². The molecule has 1 amide bonds. The topological polar surface area (TPSA) is 45.2 Å². The average Bonchev–Trinajstić information content (AvgIpc) is 2.77. The number of hydrogen-bond donors (Lipinski definition) is 1. The molecule has 0 spiro atoms. The summed E-state index contributed by atoms with van der Waals surface area (Å²) in [7, 11) is 0. The number of carbonyl (C=O) groups is 1. The molecule has 116 valence electrons. The molecule has 0 aliphatic heterocycles. The van der Waals surface area contributed by atoms with Crippen molar-refractivity contribution >= 4 is 11.6 Å². The van der Waals surface area contributed by atoms with Crippen LogP contribution in [0.25, 0.3) is 0 Å². The van der Waals surface area contributed by atoms with E-state index in [0.29, 0.717) is 11.7 Å². The van der Waals surface area contributed by atoms with Crippen molar-refractivity contribution in [2.45, 2.75) is 58.4 Å². The molecule has 4 nitrogen and oxygen atoms in total. The lowest BCUT2D eigenvalue weighted by molar-refractivity contribution is 0.0928. The van der Waals surface area contributed by atoms with Gasteiger partial charge in [-0.25, -0.2) is 0 Å². The van der Waals surface area contributed by atoms with Crippen LogP contribution < -0.4 is 10.2 Å². The van der Waals surface area contributed by atoms with Crippen molar-refractivity contribution in [3.63, 3.8) is 0 Å². The van der Waals surface area contributed by atoms with Gasteiger partial charge in [0, 0.05) is 31.0 Å². The maximum atomic E-state index is 12.4. The van der Waals surface area contributed by atoms with E-state index in [1.165, 1.54) is 25.7 Å². The Hall–Kier alpha value is -1.58. The lowest BCUT2D eigenvalue weighted by Gasteiger charge is -2.21. The molecule has 4 heteroatoms. The van der Waals surface area contributed by atoms with Gasteiger partial charge < -0.3 is 10.2 Å². The first-order valence-electron chi connectivity index (χ1n) is 8.26. The summed E-state index contributed by atoms with van der Waals surface area (Å²) in [5.74, 6) is -0.0316. The van der Waals surface area contributed by atoms with E-state index in [4.69, 9.17) is 0 Å². The molecule has 1 heterocycles. The molecule has 1 aromatic rings. The molecule has 1 N–H and O–H groups in total. The van der Waals surface area contributed by atoms with Gasteiger partial charge in [0.1, 0.15) is 5.69 Å². The third kappa shape index (κ3) is 4.45. The van der Waals surface area contributed by atoms with E-state index in [0.717, 1.165) is 31.6 Å². The number of amides is 1. The second-order valence-corrected chi connectivity index (χ2v) is 5.73. The third-order valence-electron chi connectivity index (χ3n) is 4.30. The van der Waals surface area contributed by atoms with E-state index in [-0.39, 0.29) is 5.91 Å². The van der Waals surface area contributed by atoms with Crippen molar-refractivity contribution in [1.82, 2.24) is 10.3 Å². The zero-order valence-corrected chi connectivity index (χ0v) is 13.3. The number of carbonyl (C=O) groups excluding carboxylic acids is 1. The minimum atomic E-state index is -0.0316. The Morgan fingerprint density at radius 1 is 1.24 bits per heavy atom. The minimum Gasteiger partial charge on any atom is -0.372 e. The van der Waals surface area contributed by atoms with Crippen molar-refractivity contribution in [3.8, 4) is 0 Å². The zero-order chi connectivity index (χ0) is 15.1. The summed E-state index contributed by atoms with van der Waals surface area (Å²) in [6, 6.07) is 4.19. The minimum absolute atomic E-state index is 0.0316. The van der Waals surface area contributed by atoms with Crippen molar-refractivity contribution < 1.29 is 4.79 Å². The fourth-order valence-corrected chi connectivity index (χ4v) is 3.01. The highest BCUT2D eigenvalue weighted by molar-refractivity contribution is 5.93. The summed E-state index contributed by atoms with van der Waals surface area (Å²) in [5, 5.41) is 3.16. The quantitative estimate of drug-likeness (QED) is 0.845. The highest BCUT2D eigenvalue weighted by Gasteiger charge is 2.17. The summed E-state index contributed by atoms with van der Waals surface area (Å²) < 4.78 is 0. The van der Waals surface area contributed by atoms with Gasteiger partial charge in [-0.1, -0.05) is 25.7 Å². The molecule has 1 saturated carbocycles. The first kappa shape index (κ1) is 15.8. The summed E-state index contributed by atoms with van der Waals surface area (Å²) in [6.45, 7) is 6.11. The number of nitrogens with zero attached hydrogens (tertiary/aromatic N) is 2. The molecule has 0 aromatic carbocycles. The van der Waals surface area contributed by atoms with Gasteiger partial charge in [-0.3, -0.25) is 9.78 Å². The molecule has 1 aromatic heterocycles. The number of aromatic nitrogens is 1. The Kier molecular flexibility index (Phi) is 6.03. The summed E-state index contributed by atoms with van der Waals surface area (Å²) in [4.78, 5) is 18.9. The standard InChI is InChI=1S/C17H27N3O/c1-3-20(4-2)15-11-12-18-16(13-15)17(21)19-14-9-7-5-6-8-10-14/h11-14H,3-10H2,1-2H3,(H,19,21). The first-order chi connectivity index (χ1) is 10.2. The van der Waals surface area contributed by atoms with E-state index < -0.39 is 0 Å². The number of rotatable bonds is 5. The predicted molar refractivity (Wildman–Crippen MR) is 86.8 cm³/mol. The number of hydrogen-bond acceptors (Lipinski definition) is 3. The van der Waals surface area contributed by atoms with Crippen LogP contribution in [-0.2, 0) is 0 Å². The predicted octanol–water partition coefficient (Wildman–Crippen LogP) is 3.38. The fourth-order valence-electron chi connectivity index (χ4n) is 3.01. The van der Waals surface area contributed by atoms with E-state index in [1.54, 1.807) is 6.20 Å². The molecular weight excluding hydrogens is 262 g/mol. The van der Waals surface area contributed by atoms with Crippen molar-refractivity contribution in [1.29, 1.82) is 0 Å². The number of anilines is 1. The third-order valence-corrected chi connectivity index (χ3v) is 4.30. The van der Waals surface area contributed by atoms with Crippen LogP contribution in [0.3, 0.4) is 0 Å². The van der Waals surface area contributed by atoms with Crippen LogP contribution in [0.1, 0.15) is 62.9 Å². The first-order valence-corrected chi connectivity index (χ1v) is 8.26. The van der Waals surface area contributed by atoms with E-state index in [2.05, 4.69) is 29.0 Å². The largest absolute Gasteiger partial charge is 0.372 e. The van der Waals surface area contributed by atoms with Gasteiger partial charge in [-0.05, 0) is 38.8 Å². The molecule has 1 fully saturated rings. The van der Waals surface area contributed by atoms with Crippen LogP contribution in [0.2, 0.25) is 0 Å². The molecule has 1 aliphatic rings. The summed E-state index contributed by atoms with van der Waals surface area (Å²) >= 11 is 0. The highest BCUT2D eigenvalue weighted by Crippen LogP contribution is 2.18. The lowest BCUT2D eigenvalue weighted by atomic mass is 10.1. The van der Waals surface area contributed by atoms with Gasteiger partial charge in [0.2, 0.25) is 0 Å². The highest BCUT2D eigenvalue weighted by atomic mass is 16.1. The molecule has 0 saturated heterocycles.